The molecule has 0 radical (unpaired) electrons. The first-order chi connectivity index (χ1) is 6.16. The first-order valence-electron chi connectivity index (χ1n) is 4.99. The van der Waals surface area contributed by atoms with Crippen molar-refractivity contribution in [2.75, 3.05) is 5.75 Å². The van der Waals surface area contributed by atoms with E-state index in [1.54, 1.807) is 0 Å². The van der Waals surface area contributed by atoms with Crippen LogP contribution in [0.1, 0.15) is 39.5 Å². The monoisotopic (exact) mass is 202 g/mol. The predicted octanol–water partition coefficient (Wildman–Crippen LogP) is 2.07. The number of hydrogen-bond acceptors (Lipinski definition) is 2. The number of unbranched alkanes of at least 4 members (excludes halogenated alkanes) is 2. The Labute approximate surface area is 82.4 Å². The maximum Gasteiger partial charge on any atom is 0.177 e. The number of rotatable bonds is 4. The number of carbonyl (C=O) groups excluding carboxylic acids is 2. The van der Waals surface area contributed by atoms with E-state index in [4.69, 9.17) is 0 Å². The molecule has 0 bridgehead atoms. The lowest BCUT2D eigenvalue weighted by molar-refractivity contribution is -0.121. The summed E-state index contributed by atoms with van der Waals surface area (Å²) < 4.78 is 0. The Morgan fingerprint density at radius 1 is 1.38 bits per heavy atom. The van der Waals surface area contributed by atoms with Crippen LogP contribution in [0.5, 0.6) is 0 Å². The molecule has 0 aliphatic carbocycles. The van der Waals surface area contributed by atoms with Crippen molar-refractivity contribution in [3.63, 3.8) is 0 Å². The van der Waals surface area contributed by atoms with Gasteiger partial charge in [0.1, 0.15) is 0 Å². The third-order valence-electron chi connectivity index (χ3n) is 2.58. The van der Waals surface area contributed by atoms with Gasteiger partial charge < -0.3 is 0 Å². The molecule has 3 heteroatoms. The molecule has 0 saturated carbocycles. The third kappa shape index (κ3) is 2.56. The zero-order chi connectivity index (χ0) is 9.84. The van der Waals surface area contributed by atoms with E-state index in [9.17, 15) is 9.59 Å². The van der Waals surface area contributed by atoms with Crippen molar-refractivity contribution in [2.45, 2.75) is 44.8 Å². The molecule has 13 heavy (non-hydrogen) atoms. The van der Waals surface area contributed by atoms with Gasteiger partial charge in [-0.2, -0.15) is 10.9 Å². The summed E-state index contributed by atoms with van der Waals surface area (Å²) in [7, 11) is -0.607. The van der Waals surface area contributed by atoms with Crippen LogP contribution < -0.4 is 0 Å². The van der Waals surface area contributed by atoms with Gasteiger partial charge in [0.15, 0.2) is 10.9 Å². The molecule has 0 amide bonds. The number of ketones is 1. The number of hydrogen-bond donors (Lipinski definition) is 1. The molecule has 1 aliphatic rings. The molecule has 0 aromatic rings. The fourth-order valence-corrected chi connectivity index (χ4v) is 4.07. The SMILES string of the molecule is CCCCC[SH]1C(=O)CC(=O)C1C. The van der Waals surface area contributed by atoms with Gasteiger partial charge in [0, 0.05) is 5.25 Å². The normalized spacial score (nSPS) is 31.2. The summed E-state index contributed by atoms with van der Waals surface area (Å²) in [4.78, 5) is 22.6. The standard InChI is InChI=1S/C10H18O2S/c1-3-4-5-6-13-8(2)9(11)7-10(13)12/h8,13H,3-7H2,1-2H3. The Hall–Kier alpha value is -0.310. The van der Waals surface area contributed by atoms with Gasteiger partial charge in [0.05, 0.1) is 6.42 Å². The lowest BCUT2D eigenvalue weighted by atomic mass is 10.2. The molecule has 0 N–H and O–H groups in total. The van der Waals surface area contributed by atoms with Gasteiger partial charge in [-0.1, -0.05) is 19.8 Å². The quantitative estimate of drug-likeness (QED) is 0.430. The van der Waals surface area contributed by atoms with Crippen LogP contribution in [0.25, 0.3) is 0 Å². The van der Waals surface area contributed by atoms with Crippen LogP contribution in [0.4, 0.5) is 0 Å². The highest BCUT2D eigenvalue weighted by atomic mass is 32.2. The van der Waals surface area contributed by atoms with Crippen LogP contribution in [-0.4, -0.2) is 21.9 Å². The van der Waals surface area contributed by atoms with Crippen LogP contribution in [-0.2, 0) is 9.59 Å². The van der Waals surface area contributed by atoms with Crippen molar-refractivity contribution in [3.8, 4) is 0 Å². The van der Waals surface area contributed by atoms with Gasteiger partial charge >= 0.3 is 0 Å². The van der Waals surface area contributed by atoms with Crippen molar-refractivity contribution in [1.82, 2.24) is 0 Å². The average Bonchev–Trinajstić information content (AvgIpc) is 2.32. The van der Waals surface area contributed by atoms with E-state index < -0.39 is 10.9 Å². The van der Waals surface area contributed by atoms with Gasteiger partial charge in [0.25, 0.3) is 0 Å². The highest BCUT2D eigenvalue weighted by Gasteiger charge is 2.34. The van der Waals surface area contributed by atoms with Crippen LogP contribution in [0.2, 0.25) is 0 Å². The second-order valence-electron chi connectivity index (χ2n) is 3.61. The Morgan fingerprint density at radius 2 is 2.08 bits per heavy atom. The third-order valence-corrected chi connectivity index (χ3v) is 5.40. The first kappa shape index (κ1) is 10.8. The second kappa shape index (κ2) is 4.80. The largest absolute Gasteiger partial charge is 0.298 e. The van der Waals surface area contributed by atoms with E-state index in [2.05, 4.69) is 6.92 Å². The van der Waals surface area contributed by atoms with Crippen molar-refractivity contribution in [1.29, 1.82) is 0 Å². The van der Waals surface area contributed by atoms with E-state index in [1.807, 2.05) is 6.92 Å². The molecule has 2 unspecified atom stereocenters. The molecule has 2 atom stereocenters. The topological polar surface area (TPSA) is 34.1 Å². The molecule has 1 aliphatic heterocycles. The second-order valence-corrected chi connectivity index (χ2v) is 6.27. The number of carbonyl (C=O) groups is 2. The highest BCUT2D eigenvalue weighted by Crippen LogP contribution is 2.41. The first-order valence-corrected chi connectivity index (χ1v) is 6.58. The lowest BCUT2D eigenvalue weighted by Gasteiger charge is -2.16. The molecule has 1 saturated heterocycles. The smallest absolute Gasteiger partial charge is 0.177 e. The van der Waals surface area contributed by atoms with Gasteiger partial charge in [-0.25, -0.2) is 0 Å². The molecule has 1 rings (SSSR count). The van der Waals surface area contributed by atoms with Gasteiger partial charge in [-0.15, -0.1) is 0 Å². The molecule has 2 nitrogen and oxygen atoms in total. The molecule has 1 fully saturated rings. The van der Waals surface area contributed by atoms with Crippen LogP contribution in [0.3, 0.4) is 0 Å². The van der Waals surface area contributed by atoms with Gasteiger partial charge in [-0.3, -0.25) is 9.59 Å². The van der Waals surface area contributed by atoms with E-state index in [-0.39, 0.29) is 22.6 Å². The Balaban J connectivity index is 2.40. The number of thiol groups is 1. The lowest BCUT2D eigenvalue weighted by Crippen LogP contribution is -2.09. The van der Waals surface area contributed by atoms with E-state index in [0.29, 0.717) is 0 Å². The predicted molar refractivity (Wildman–Crippen MR) is 57.5 cm³/mol. The Kier molecular flexibility index (Phi) is 3.97. The summed E-state index contributed by atoms with van der Waals surface area (Å²) in [6, 6.07) is 0. The molecular weight excluding hydrogens is 184 g/mol. The summed E-state index contributed by atoms with van der Waals surface area (Å²) >= 11 is 0. The minimum atomic E-state index is -0.607. The minimum Gasteiger partial charge on any atom is -0.298 e. The molecule has 0 spiro atoms. The molecule has 0 aromatic carbocycles. The van der Waals surface area contributed by atoms with Crippen molar-refractivity contribution >= 4 is 21.8 Å². The molecule has 0 aromatic heterocycles. The van der Waals surface area contributed by atoms with E-state index in [1.165, 1.54) is 12.8 Å². The summed E-state index contributed by atoms with van der Waals surface area (Å²) in [5.41, 5.74) is 0. The molecule has 76 valence electrons. The Bertz CT molecular complexity index is 213. The fourth-order valence-electron chi connectivity index (χ4n) is 1.64. The summed E-state index contributed by atoms with van der Waals surface area (Å²) in [5.74, 6) is 1.15. The van der Waals surface area contributed by atoms with E-state index in [0.717, 1.165) is 12.2 Å². The zero-order valence-electron chi connectivity index (χ0n) is 8.38. The molecule has 1 heterocycles. The minimum absolute atomic E-state index is 0.0550. The highest BCUT2D eigenvalue weighted by molar-refractivity contribution is 8.31. The van der Waals surface area contributed by atoms with Gasteiger partial charge in [-0.05, 0) is 19.1 Å². The van der Waals surface area contributed by atoms with Crippen molar-refractivity contribution in [2.24, 2.45) is 0 Å². The maximum atomic E-state index is 11.4. The average molecular weight is 202 g/mol. The summed E-state index contributed by atoms with van der Waals surface area (Å²) in [6.07, 6.45) is 3.71. The van der Waals surface area contributed by atoms with Crippen LogP contribution in [0, 0.1) is 0 Å². The fraction of sp³-hybridized carbons (Fsp3) is 0.800. The number of Topliss-reactive ketones (excluding diaryl/α,β-unsaturated/α-hetero) is 1. The summed E-state index contributed by atoms with van der Waals surface area (Å²) in [5, 5.41) is 0.294. The van der Waals surface area contributed by atoms with Gasteiger partial charge in [0.2, 0.25) is 0 Å². The van der Waals surface area contributed by atoms with Crippen molar-refractivity contribution < 1.29 is 9.59 Å². The van der Waals surface area contributed by atoms with Crippen LogP contribution in [0.15, 0.2) is 0 Å². The Morgan fingerprint density at radius 3 is 2.54 bits per heavy atom. The summed E-state index contributed by atoms with van der Waals surface area (Å²) in [6.45, 7) is 4.07. The molecular formula is C10H18O2S. The van der Waals surface area contributed by atoms with Crippen molar-refractivity contribution in [3.05, 3.63) is 0 Å². The van der Waals surface area contributed by atoms with Crippen LogP contribution >= 0.6 is 10.9 Å². The maximum absolute atomic E-state index is 11.4. The van der Waals surface area contributed by atoms with E-state index >= 15 is 0 Å². The zero-order valence-corrected chi connectivity index (χ0v) is 9.27.